The van der Waals surface area contributed by atoms with Crippen molar-refractivity contribution < 1.29 is 8.42 Å². The maximum atomic E-state index is 12.4. The number of hydrogen-bond donors (Lipinski definition) is 1. The van der Waals surface area contributed by atoms with Crippen LogP contribution in [0.3, 0.4) is 0 Å². The van der Waals surface area contributed by atoms with Gasteiger partial charge in [-0.15, -0.1) is 0 Å². The summed E-state index contributed by atoms with van der Waals surface area (Å²) >= 11 is 1.79. The lowest BCUT2D eigenvalue weighted by Crippen LogP contribution is -2.51. The number of nitrogens with one attached hydrogen (secondary N) is 1. The molecule has 0 spiro atoms. The number of rotatable bonds is 5. The van der Waals surface area contributed by atoms with Gasteiger partial charge in [0.15, 0.2) is 9.84 Å². The standard InChI is InChI=1S/C15H30N2O2S2/c1-3-21(18,19)15-12-20-10-9-17(15)11-13-7-5-4-6-8-14(13)16-2/h13-16H,3-12H2,1-2H3. The Balaban J connectivity index is 2.07. The van der Waals surface area contributed by atoms with Gasteiger partial charge < -0.3 is 5.32 Å². The first-order valence-corrected chi connectivity index (χ1v) is 11.2. The molecule has 1 heterocycles. The van der Waals surface area contributed by atoms with E-state index in [4.69, 9.17) is 0 Å². The normalized spacial score (nSPS) is 32.8. The minimum Gasteiger partial charge on any atom is -0.317 e. The molecule has 1 saturated heterocycles. The molecule has 6 heteroatoms. The van der Waals surface area contributed by atoms with Crippen LogP contribution in [-0.2, 0) is 9.84 Å². The Kier molecular flexibility index (Phi) is 6.84. The van der Waals surface area contributed by atoms with E-state index in [1.54, 1.807) is 18.7 Å². The second-order valence-corrected chi connectivity index (χ2v) is 9.87. The van der Waals surface area contributed by atoms with Gasteiger partial charge in [-0.05, 0) is 25.8 Å². The Bertz CT molecular complexity index is 414. The molecule has 0 bridgehead atoms. The molecule has 0 aromatic heterocycles. The Morgan fingerprint density at radius 2 is 2.00 bits per heavy atom. The van der Waals surface area contributed by atoms with E-state index in [1.165, 1.54) is 32.1 Å². The summed E-state index contributed by atoms with van der Waals surface area (Å²) in [6.07, 6.45) is 6.37. The highest BCUT2D eigenvalue weighted by Crippen LogP contribution is 2.28. The van der Waals surface area contributed by atoms with Crippen LogP contribution in [0, 0.1) is 5.92 Å². The number of sulfone groups is 1. The summed E-state index contributed by atoms with van der Waals surface area (Å²) in [4.78, 5) is 2.26. The number of nitrogens with zero attached hydrogens (tertiary/aromatic N) is 1. The average molecular weight is 335 g/mol. The molecule has 0 radical (unpaired) electrons. The van der Waals surface area contributed by atoms with Gasteiger partial charge in [-0.25, -0.2) is 8.42 Å². The van der Waals surface area contributed by atoms with Crippen LogP contribution in [0.25, 0.3) is 0 Å². The molecule has 3 unspecified atom stereocenters. The van der Waals surface area contributed by atoms with Crippen LogP contribution in [0.15, 0.2) is 0 Å². The lowest BCUT2D eigenvalue weighted by atomic mass is 9.94. The summed E-state index contributed by atoms with van der Waals surface area (Å²) in [7, 11) is -0.919. The van der Waals surface area contributed by atoms with Gasteiger partial charge in [0.25, 0.3) is 0 Å². The SMILES string of the molecule is CCS(=O)(=O)C1CSCCN1CC1CCCCCC1NC. The second-order valence-electron chi connectivity index (χ2n) is 6.27. The third kappa shape index (κ3) is 4.60. The van der Waals surface area contributed by atoms with Crippen molar-refractivity contribution in [1.82, 2.24) is 10.2 Å². The summed E-state index contributed by atoms with van der Waals surface area (Å²) in [5.74, 6) is 2.66. The maximum absolute atomic E-state index is 12.4. The Morgan fingerprint density at radius 1 is 1.24 bits per heavy atom. The lowest BCUT2D eigenvalue weighted by Gasteiger charge is -2.38. The summed E-state index contributed by atoms with van der Waals surface area (Å²) < 4.78 is 24.7. The zero-order valence-corrected chi connectivity index (χ0v) is 15.0. The highest BCUT2D eigenvalue weighted by atomic mass is 32.2. The third-order valence-electron chi connectivity index (χ3n) is 5.01. The molecule has 2 rings (SSSR count). The van der Waals surface area contributed by atoms with E-state index in [2.05, 4.69) is 17.3 Å². The van der Waals surface area contributed by atoms with Crippen molar-refractivity contribution in [2.75, 3.05) is 37.4 Å². The molecule has 0 aromatic rings. The minimum absolute atomic E-state index is 0.259. The van der Waals surface area contributed by atoms with E-state index < -0.39 is 9.84 Å². The van der Waals surface area contributed by atoms with Crippen LogP contribution in [0.1, 0.15) is 39.0 Å². The van der Waals surface area contributed by atoms with Gasteiger partial charge in [0.1, 0.15) is 5.37 Å². The third-order valence-corrected chi connectivity index (χ3v) is 8.34. The number of hydrogen-bond acceptors (Lipinski definition) is 5. The van der Waals surface area contributed by atoms with Crippen molar-refractivity contribution in [3.63, 3.8) is 0 Å². The maximum Gasteiger partial charge on any atom is 0.166 e. The van der Waals surface area contributed by atoms with Crippen molar-refractivity contribution in [1.29, 1.82) is 0 Å². The van der Waals surface area contributed by atoms with Gasteiger partial charge in [-0.3, -0.25) is 4.90 Å². The molecule has 4 nitrogen and oxygen atoms in total. The van der Waals surface area contributed by atoms with Gasteiger partial charge in [-0.1, -0.05) is 26.2 Å². The fourth-order valence-electron chi connectivity index (χ4n) is 3.63. The van der Waals surface area contributed by atoms with E-state index in [1.807, 2.05) is 0 Å². The first-order chi connectivity index (χ1) is 10.1. The fourth-order valence-corrected chi connectivity index (χ4v) is 6.72. The summed E-state index contributed by atoms with van der Waals surface area (Å²) in [6.45, 7) is 3.63. The van der Waals surface area contributed by atoms with Crippen LogP contribution in [-0.4, -0.2) is 62.1 Å². The zero-order chi connectivity index (χ0) is 15.3. The van der Waals surface area contributed by atoms with E-state index in [0.717, 1.165) is 24.6 Å². The smallest absolute Gasteiger partial charge is 0.166 e. The molecule has 1 saturated carbocycles. The van der Waals surface area contributed by atoms with E-state index >= 15 is 0 Å². The molecular formula is C15H30N2O2S2. The molecule has 2 aliphatic rings. The first-order valence-electron chi connectivity index (χ1n) is 8.29. The predicted molar refractivity (Wildman–Crippen MR) is 91.6 cm³/mol. The average Bonchev–Trinajstić information content (AvgIpc) is 2.72. The molecule has 1 aliphatic carbocycles. The quantitative estimate of drug-likeness (QED) is 0.779. The van der Waals surface area contributed by atoms with Gasteiger partial charge in [-0.2, -0.15) is 11.8 Å². The van der Waals surface area contributed by atoms with Crippen molar-refractivity contribution in [3.8, 4) is 0 Å². The van der Waals surface area contributed by atoms with Gasteiger partial charge in [0.2, 0.25) is 0 Å². The van der Waals surface area contributed by atoms with Crippen molar-refractivity contribution in [2.45, 2.75) is 50.4 Å². The summed E-state index contributed by atoms with van der Waals surface area (Å²) in [5.41, 5.74) is 0. The Hall–Kier alpha value is 0.220. The van der Waals surface area contributed by atoms with Gasteiger partial charge >= 0.3 is 0 Å². The van der Waals surface area contributed by atoms with Crippen LogP contribution < -0.4 is 5.32 Å². The second kappa shape index (κ2) is 8.18. The van der Waals surface area contributed by atoms with Crippen molar-refractivity contribution in [3.05, 3.63) is 0 Å². The zero-order valence-electron chi connectivity index (χ0n) is 13.4. The van der Waals surface area contributed by atoms with E-state index in [-0.39, 0.29) is 11.1 Å². The predicted octanol–water partition coefficient (Wildman–Crippen LogP) is 1.96. The fraction of sp³-hybridized carbons (Fsp3) is 1.00. The Morgan fingerprint density at radius 3 is 2.71 bits per heavy atom. The monoisotopic (exact) mass is 334 g/mol. The van der Waals surface area contributed by atoms with E-state index in [9.17, 15) is 8.42 Å². The molecule has 21 heavy (non-hydrogen) atoms. The summed E-state index contributed by atoms with van der Waals surface area (Å²) in [5, 5.41) is 3.21. The molecular weight excluding hydrogens is 304 g/mol. The molecule has 1 aliphatic heterocycles. The topological polar surface area (TPSA) is 49.4 Å². The number of thioether (sulfide) groups is 1. The van der Waals surface area contributed by atoms with Crippen molar-refractivity contribution >= 4 is 21.6 Å². The Labute approximate surface area is 134 Å². The molecule has 124 valence electrons. The van der Waals surface area contributed by atoms with Crippen molar-refractivity contribution in [2.24, 2.45) is 5.92 Å². The summed E-state index contributed by atoms with van der Waals surface area (Å²) in [6, 6.07) is 0.548. The first kappa shape index (κ1) is 17.6. The van der Waals surface area contributed by atoms with Gasteiger partial charge in [0.05, 0.1) is 0 Å². The van der Waals surface area contributed by atoms with Crippen LogP contribution >= 0.6 is 11.8 Å². The van der Waals surface area contributed by atoms with Crippen LogP contribution in [0.4, 0.5) is 0 Å². The minimum atomic E-state index is -2.97. The molecule has 0 amide bonds. The lowest BCUT2D eigenvalue weighted by molar-refractivity contribution is 0.194. The van der Waals surface area contributed by atoms with Gasteiger partial charge in [0, 0.05) is 36.4 Å². The largest absolute Gasteiger partial charge is 0.317 e. The van der Waals surface area contributed by atoms with Crippen LogP contribution in [0.5, 0.6) is 0 Å². The molecule has 3 atom stereocenters. The van der Waals surface area contributed by atoms with E-state index in [0.29, 0.717) is 12.0 Å². The van der Waals surface area contributed by atoms with Crippen LogP contribution in [0.2, 0.25) is 0 Å². The molecule has 1 N–H and O–H groups in total. The molecule has 0 aromatic carbocycles. The highest BCUT2D eigenvalue weighted by molar-refractivity contribution is 8.01. The highest BCUT2D eigenvalue weighted by Gasteiger charge is 2.35. The molecule has 2 fully saturated rings.